The van der Waals surface area contributed by atoms with Crippen LogP contribution in [0.5, 0.6) is 11.5 Å². The average Bonchev–Trinajstić information content (AvgIpc) is 2.45. The molecule has 4 nitrogen and oxygen atoms in total. The van der Waals surface area contributed by atoms with E-state index in [9.17, 15) is 9.90 Å². The largest absolute Gasteiger partial charge is 0.508 e. The van der Waals surface area contributed by atoms with Gasteiger partial charge in [0.15, 0.2) is 0 Å². The minimum atomic E-state index is -0.162. The first-order chi connectivity index (χ1) is 9.11. The summed E-state index contributed by atoms with van der Waals surface area (Å²) >= 11 is 0. The molecule has 98 valence electrons. The number of anilines is 1. The van der Waals surface area contributed by atoms with E-state index in [2.05, 4.69) is 0 Å². The molecule has 0 spiro atoms. The lowest BCUT2D eigenvalue weighted by Crippen LogP contribution is -2.26. The van der Waals surface area contributed by atoms with Crippen LogP contribution in [0.4, 0.5) is 5.69 Å². The second-order valence-electron chi connectivity index (χ2n) is 4.12. The Kier molecular flexibility index (Phi) is 3.71. The van der Waals surface area contributed by atoms with Gasteiger partial charge in [0.2, 0.25) is 0 Å². The van der Waals surface area contributed by atoms with Crippen molar-refractivity contribution in [3.8, 4) is 11.5 Å². The van der Waals surface area contributed by atoms with Gasteiger partial charge in [0, 0.05) is 24.4 Å². The predicted octanol–water partition coefficient (Wildman–Crippen LogP) is 2.68. The summed E-state index contributed by atoms with van der Waals surface area (Å²) in [7, 11) is 3.22. The van der Waals surface area contributed by atoms with Gasteiger partial charge in [0.05, 0.1) is 7.11 Å². The third kappa shape index (κ3) is 2.85. The topological polar surface area (TPSA) is 49.8 Å². The van der Waals surface area contributed by atoms with Crippen molar-refractivity contribution in [3.63, 3.8) is 0 Å². The molecule has 0 fully saturated rings. The van der Waals surface area contributed by atoms with Crippen LogP contribution in [0.3, 0.4) is 0 Å². The zero-order chi connectivity index (χ0) is 13.8. The van der Waals surface area contributed by atoms with Crippen molar-refractivity contribution in [1.29, 1.82) is 0 Å². The minimum absolute atomic E-state index is 0.128. The van der Waals surface area contributed by atoms with E-state index in [1.165, 1.54) is 11.0 Å². The van der Waals surface area contributed by atoms with Crippen LogP contribution < -0.4 is 9.64 Å². The molecule has 2 rings (SSSR count). The van der Waals surface area contributed by atoms with Crippen LogP contribution in [0, 0.1) is 0 Å². The molecule has 0 atom stereocenters. The number of nitrogens with zero attached hydrogens (tertiary/aromatic N) is 1. The van der Waals surface area contributed by atoms with Crippen LogP contribution in [0.15, 0.2) is 48.5 Å². The SMILES string of the molecule is COc1cccc(C(=O)N(C)c2cccc(O)c2)c1. The van der Waals surface area contributed by atoms with Gasteiger partial charge in [-0.05, 0) is 30.3 Å². The summed E-state index contributed by atoms with van der Waals surface area (Å²) in [6.07, 6.45) is 0. The lowest BCUT2D eigenvalue weighted by molar-refractivity contribution is 0.0992. The predicted molar refractivity (Wildman–Crippen MR) is 73.8 cm³/mol. The highest BCUT2D eigenvalue weighted by Gasteiger charge is 2.14. The average molecular weight is 257 g/mol. The van der Waals surface area contributed by atoms with E-state index in [4.69, 9.17) is 4.74 Å². The first-order valence-corrected chi connectivity index (χ1v) is 5.83. The number of carbonyl (C=O) groups excluding carboxylic acids is 1. The fraction of sp³-hybridized carbons (Fsp3) is 0.133. The molecule has 0 saturated carbocycles. The maximum Gasteiger partial charge on any atom is 0.258 e. The number of amides is 1. The molecule has 0 aliphatic rings. The Labute approximate surface area is 111 Å². The fourth-order valence-electron chi connectivity index (χ4n) is 1.77. The van der Waals surface area contributed by atoms with Crippen LogP contribution in [0.25, 0.3) is 0 Å². The molecule has 2 aromatic carbocycles. The molecule has 2 aromatic rings. The number of carbonyl (C=O) groups is 1. The quantitative estimate of drug-likeness (QED) is 0.919. The number of phenols is 1. The standard InChI is InChI=1S/C15H15NO3/c1-16(12-6-4-7-13(17)10-12)15(18)11-5-3-8-14(9-11)19-2/h3-10,17H,1-2H3. The van der Waals surface area contributed by atoms with Crippen molar-refractivity contribution >= 4 is 11.6 Å². The zero-order valence-corrected chi connectivity index (χ0v) is 10.8. The van der Waals surface area contributed by atoms with E-state index in [1.807, 2.05) is 0 Å². The molecule has 0 aliphatic carbocycles. The molecule has 4 heteroatoms. The van der Waals surface area contributed by atoms with Crippen molar-refractivity contribution in [2.45, 2.75) is 0 Å². The zero-order valence-electron chi connectivity index (χ0n) is 10.8. The molecule has 0 radical (unpaired) electrons. The molecule has 0 heterocycles. The minimum Gasteiger partial charge on any atom is -0.508 e. The lowest BCUT2D eigenvalue weighted by Gasteiger charge is -2.17. The number of rotatable bonds is 3. The van der Waals surface area contributed by atoms with Crippen molar-refractivity contribution in [1.82, 2.24) is 0 Å². The van der Waals surface area contributed by atoms with E-state index < -0.39 is 0 Å². The smallest absolute Gasteiger partial charge is 0.258 e. The second-order valence-corrected chi connectivity index (χ2v) is 4.12. The Hall–Kier alpha value is -2.49. The highest BCUT2D eigenvalue weighted by molar-refractivity contribution is 6.06. The van der Waals surface area contributed by atoms with Gasteiger partial charge in [-0.3, -0.25) is 4.79 Å². The van der Waals surface area contributed by atoms with Crippen LogP contribution >= 0.6 is 0 Å². The number of phenolic OH excluding ortho intramolecular Hbond substituents is 1. The van der Waals surface area contributed by atoms with Crippen LogP contribution in [-0.4, -0.2) is 25.2 Å². The summed E-state index contributed by atoms with van der Waals surface area (Å²) in [5, 5.41) is 9.44. The number of methoxy groups -OCH3 is 1. The summed E-state index contributed by atoms with van der Waals surface area (Å²) in [5.74, 6) is 0.599. The van der Waals surface area contributed by atoms with Crippen LogP contribution in [-0.2, 0) is 0 Å². The second kappa shape index (κ2) is 5.44. The maximum absolute atomic E-state index is 12.3. The van der Waals surface area contributed by atoms with E-state index in [-0.39, 0.29) is 11.7 Å². The van der Waals surface area contributed by atoms with Gasteiger partial charge in [-0.15, -0.1) is 0 Å². The Morgan fingerprint density at radius 2 is 1.89 bits per heavy atom. The molecule has 0 aromatic heterocycles. The number of ether oxygens (including phenoxy) is 1. The van der Waals surface area contributed by atoms with E-state index in [0.717, 1.165) is 0 Å². The van der Waals surface area contributed by atoms with Crippen LogP contribution in [0.2, 0.25) is 0 Å². The Balaban J connectivity index is 2.28. The summed E-state index contributed by atoms with van der Waals surface area (Å²) in [4.78, 5) is 13.8. The van der Waals surface area contributed by atoms with E-state index >= 15 is 0 Å². The molecule has 0 saturated heterocycles. The maximum atomic E-state index is 12.3. The summed E-state index contributed by atoms with van der Waals surface area (Å²) in [5.41, 5.74) is 1.16. The van der Waals surface area contributed by atoms with Gasteiger partial charge in [-0.2, -0.15) is 0 Å². The van der Waals surface area contributed by atoms with Gasteiger partial charge < -0.3 is 14.7 Å². The molecule has 0 aliphatic heterocycles. The highest BCUT2D eigenvalue weighted by Crippen LogP contribution is 2.21. The van der Waals surface area contributed by atoms with Crippen molar-refractivity contribution in [3.05, 3.63) is 54.1 Å². The molecular formula is C15H15NO3. The van der Waals surface area contributed by atoms with E-state index in [1.54, 1.807) is 56.6 Å². The van der Waals surface area contributed by atoms with Gasteiger partial charge in [-0.1, -0.05) is 12.1 Å². The van der Waals surface area contributed by atoms with Gasteiger partial charge in [-0.25, -0.2) is 0 Å². The van der Waals surface area contributed by atoms with E-state index in [0.29, 0.717) is 17.0 Å². The van der Waals surface area contributed by atoms with Crippen molar-refractivity contribution in [2.75, 3.05) is 19.1 Å². The first kappa shape index (κ1) is 13.0. The van der Waals surface area contributed by atoms with Crippen LogP contribution in [0.1, 0.15) is 10.4 Å². The van der Waals surface area contributed by atoms with Crippen molar-refractivity contribution in [2.24, 2.45) is 0 Å². The number of hydrogen-bond donors (Lipinski definition) is 1. The Bertz CT molecular complexity index is 595. The third-order valence-electron chi connectivity index (χ3n) is 2.84. The summed E-state index contributed by atoms with van der Waals surface area (Å²) in [6, 6.07) is 13.5. The van der Waals surface area contributed by atoms with Gasteiger partial charge >= 0.3 is 0 Å². The lowest BCUT2D eigenvalue weighted by atomic mass is 10.1. The molecule has 1 N–H and O–H groups in total. The third-order valence-corrected chi connectivity index (χ3v) is 2.84. The molecule has 0 bridgehead atoms. The first-order valence-electron chi connectivity index (χ1n) is 5.83. The number of benzene rings is 2. The number of aromatic hydroxyl groups is 1. The number of hydrogen-bond acceptors (Lipinski definition) is 3. The summed E-state index contributed by atoms with van der Waals surface area (Å²) < 4.78 is 5.10. The van der Waals surface area contributed by atoms with Crippen molar-refractivity contribution < 1.29 is 14.6 Å². The highest BCUT2D eigenvalue weighted by atomic mass is 16.5. The van der Waals surface area contributed by atoms with Gasteiger partial charge in [0.1, 0.15) is 11.5 Å². The molecular weight excluding hydrogens is 242 g/mol. The monoisotopic (exact) mass is 257 g/mol. The summed E-state index contributed by atoms with van der Waals surface area (Å²) in [6.45, 7) is 0. The fourth-order valence-corrected chi connectivity index (χ4v) is 1.77. The Morgan fingerprint density at radius 1 is 1.16 bits per heavy atom. The molecule has 1 amide bonds. The normalized spacial score (nSPS) is 10.0. The van der Waals surface area contributed by atoms with Gasteiger partial charge in [0.25, 0.3) is 5.91 Å². The molecule has 19 heavy (non-hydrogen) atoms. The molecule has 0 unspecified atom stereocenters. The Morgan fingerprint density at radius 3 is 2.58 bits per heavy atom.